The Kier molecular flexibility index (Phi) is 4.64. The van der Waals surface area contributed by atoms with Crippen LogP contribution in [0.5, 0.6) is 0 Å². The second-order valence-electron chi connectivity index (χ2n) is 5.00. The highest BCUT2D eigenvalue weighted by Gasteiger charge is 2.24. The van der Waals surface area contributed by atoms with Crippen molar-refractivity contribution in [1.82, 2.24) is 4.72 Å². The largest absolute Gasteiger partial charge is 0.398 e. The molecule has 4 nitrogen and oxygen atoms in total. The number of nitrogens with two attached hydrogens (primary N) is 1. The first-order valence-electron chi connectivity index (χ1n) is 5.73. The molecule has 6 heteroatoms. The lowest BCUT2D eigenvalue weighted by Crippen LogP contribution is -2.34. The highest BCUT2D eigenvalue weighted by atomic mass is 35.5. The Balaban J connectivity index is 3.01. The van der Waals surface area contributed by atoms with E-state index in [-0.39, 0.29) is 21.0 Å². The molecule has 1 aromatic carbocycles. The Morgan fingerprint density at radius 3 is 2.50 bits per heavy atom. The summed E-state index contributed by atoms with van der Waals surface area (Å²) in [4.78, 5) is -0.0430. The molecule has 0 heterocycles. The quantitative estimate of drug-likeness (QED) is 0.819. The summed E-state index contributed by atoms with van der Waals surface area (Å²) in [6.07, 6.45) is 0.869. The second-order valence-corrected chi connectivity index (χ2v) is 7.11. The lowest BCUT2D eigenvalue weighted by atomic mass is 9.91. The fourth-order valence-electron chi connectivity index (χ4n) is 1.30. The van der Waals surface area contributed by atoms with Crippen molar-refractivity contribution < 1.29 is 8.42 Å². The topological polar surface area (TPSA) is 72.2 Å². The van der Waals surface area contributed by atoms with Crippen LogP contribution in [0.2, 0.25) is 5.02 Å². The zero-order valence-corrected chi connectivity index (χ0v) is 12.4. The summed E-state index contributed by atoms with van der Waals surface area (Å²) in [5.41, 5.74) is 5.72. The molecule has 102 valence electrons. The summed E-state index contributed by atoms with van der Waals surface area (Å²) in [6, 6.07) is 4.65. The van der Waals surface area contributed by atoms with Gasteiger partial charge in [-0.3, -0.25) is 0 Å². The van der Waals surface area contributed by atoms with Crippen molar-refractivity contribution in [3.8, 4) is 0 Å². The molecule has 0 bridgehead atoms. The lowest BCUT2D eigenvalue weighted by Gasteiger charge is -2.23. The van der Waals surface area contributed by atoms with Gasteiger partial charge in [-0.15, -0.1) is 0 Å². The van der Waals surface area contributed by atoms with E-state index in [1.165, 1.54) is 12.1 Å². The van der Waals surface area contributed by atoms with E-state index in [4.69, 9.17) is 17.3 Å². The van der Waals surface area contributed by atoms with Crippen LogP contribution in [0.25, 0.3) is 0 Å². The standard InChI is InChI=1S/C12H19ClN2O2S/c1-4-12(2,3)8-15-18(16,17)11-9(13)6-5-7-10(11)14/h5-7,15H,4,8,14H2,1-3H3. The Hall–Kier alpha value is -0.780. The van der Waals surface area contributed by atoms with Crippen LogP contribution < -0.4 is 10.5 Å². The molecule has 3 N–H and O–H groups in total. The highest BCUT2D eigenvalue weighted by molar-refractivity contribution is 7.89. The number of nitrogens with one attached hydrogen (secondary N) is 1. The van der Waals surface area contributed by atoms with Crippen molar-refractivity contribution in [2.24, 2.45) is 5.41 Å². The smallest absolute Gasteiger partial charge is 0.244 e. The maximum absolute atomic E-state index is 12.2. The van der Waals surface area contributed by atoms with E-state index in [2.05, 4.69) is 4.72 Å². The van der Waals surface area contributed by atoms with E-state index < -0.39 is 10.0 Å². The number of hydrogen-bond acceptors (Lipinski definition) is 3. The predicted molar refractivity (Wildman–Crippen MR) is 75.1 cm³/mol. The average molecular weight is 291 g/mol. The van der Waals surface area contributed by atoms with Gasteiger partial charge in [0.2, 0.25) is 10.0 Å². The maximum Gasteiger partial charge on any atom is 0.244 e. The molecular formula is C12H19ClN2O2S. The number of benzene rings is 1. The number of sulfonamides is 1. The third-order valence-corrected chi connectivity index (χ3v) is 4.91. The van der Waals surface area contributed by atoms with Gasteiger partial charge in [0.1, 0.15) is 4.90 Å². The molecule has 0 saturated heterocycles. The molecule has 0 aliphatic heterocycles. The minimum atomic E-state index is -3.67. The van der Waals surface area contributed by atoms with Crippen LogP contribution in [0.4, 0.5) is 5.69 Å². The molecule has 0 amide bonds. The van der Waals surface area contributed by atoms with Gasteiger partial charge in [-0.1, -0.05) is 38.4 Å². The Morgan fingerprint density at radius 2 is 2.00 bits per heavy atom. The normalized spacial score (nSPS) is 12.7. The fraction of sp³-hybridized carbons (Fsp3) is 0.500. The molecule has 0 aliphatic carbocycles. The summed E-state index contributed by atoms with van der Waals surface area (Å²) >= 11 is 5.90. The van der Waals surface area contributed by atoms with Crippen molar-refractivity contribution >= 4 is 27.3 Å². The minimum Gasteiger partial charge on any atom is -0.398 e. The third kappa shape index (κ3) is 3.60. The van der Waals surface area contributed by atoms with Gasteiger partial charge in [-0.2, -0.15) is 0 Å². The maximum atomic E-state index is 12.2. The Morgan fingerprint density at radius 1 is 1.39 bits per heavy atom. The molecule has 1 rings (SSSR count). The number of rotatable bonds is 5. The van der Waals surface area contributed by atoms with E-state index in [0.717, 1.165) is 6.42 Å². The van der Waals surface area contributed by atoms with E-state index in [0.29, 0.717) is 6.54 Å². The van der Waals surface area contributed by atoms with Crippen molar-refractivity contribution in [2.45, 2.75) is 32.1 Å². The molecule has 0 spiro atoms. The van der Waals surface area contributed by atoms with Gasteiger partial charge < -0.3 is 5.73 Å². The highest BCUT2D eigenvalue weighted by Crippen LogP contribution is 2.27. The van der Waals surface area contributed by atoms with Crippen molar-refractivity contribution in [1.29, 1.82) is 0 Å². The zero-order valence-electron chi connectivity index (χ0n) is 10.8. The summed E-state index contributed by atoms with van der Waals surface area (Å²) in [6.45, 7) is 6.34. The Labute approximate surface area is 114 Å². The van der Waals surface area contributed by atoms with Crippen LogP contribution in [-0.2, 0) is 10.0 Å². The van der Waals surface area contributed by atoms with Gasteiger partial charge >= 0.3 is 0 Å². The van der Waals surface area contributed by atoms with Crippen LogP contribution in [0, 0.1) is 5.41 Å². The van der Waals surface area contributed by atoms with E-state index in [1.54, 1.807) is 6.07 Å². The predicted octanol–water partition coefficient (Wildman–Crippen LogP) is 2.64. The van der Waals surface area contributed by atoms with Crippen molar-refractivity contribution in [3.05, 3.63) is 23.2 Å². The van der Waals surface area contributed by atoms with Gasteiger partial charge in [-0.05, 0) is 24.0 Å². The van der Waals surface area contributed by atoms with Crippen LogP contribution in [0.3, 0.4) is 0 Å². The van der Waals surface area contributed by atoms with Crippen molar-refractivity contribution in [2.75, 3.05) is 12.3 Å². The van der Waals surface area contributed by atoms with Gasteiger partial charge in [0.05, 0.1) is 10.7 Å². The fourth-order valence-corrected chi connectivity index (χ4v) is 3.21. The lowest BCUT2D eigenvalue weighted by molar-refractivity contribution is 0.350. The first kappa shape index (κ1) is 15.3. The molecule has 0 aliphatic rings. The molecule has 18 heavy (non-hydrogen) atoms. The second kappa shape index (κ2) is 5.47. The first-order chi connectivity index (χ1) is 8.19. The molecule has 0 aromatic heterocycles. The molecule has 0 fully saturated rings. The number of halogens is 1. The van der Waals surface area contributed by atoms with Gasteiger partial charge in [-0.25, -0.2) is 13.1 Å². The van der Waals surface area contributed by atoms with E-state index >= 15 is 0 Å². The van der Waals surface area contributed by atoms with Gasteiger partial charge in [0.15, 0.2) is 0 Å². The summed E-state index contributed by atoms with van der Waals surface area (Å²) in [5, 5.41) is 0.136. The minimum absolute atomic E-state index is 0.0430. The zero-order chi connectivity index (χ0) is 14.0. The molecule has 1 aromatic rings. The monoisotopic (exact) mass is 290 g/mol. The van der Waals surface area contributed by atoms with Gasteiger partial charge in [0, 0.05) is 6.54 Å². The van der Waals surface area contributed by atoms with Crippen LogP contribution >= 0.6 is 11.6 Å². The van der Waals surface area contributed by atoms with Crippen LogP contribution in [-0.4, -0.2) is 15.0 Å². The summed E-state index contributed by atoms with van der Waals surface area (Å²) in [5.74, 6) is 0. The SMILES string of the molecule is CCC(C)(C)CNS(=O)(=O)c1c(N)cccc1Cl. The molecular weight excluding hydrogens is 272 g/mol. The summed E-state index contributed by atoms with van der Waals surface area (Å²) in [7, 11) is -3.67. The molecule has 0 saturated carbocycles. The molecule has 0 radical (unpaired) electrons. The first-order valence-corrected chi connectivity index (χ1v) is 7.59. The van der Waals surface area contributed by atoms with E-state index in [1.807, 2.05) is 20.8 Å². The number of anilines is 1. The van der Waals surface area contributed by atoms with E-state index in [9.17, 15) is 8.42 Å². The number of hydrogen-bond donors (Lipinski definition) is 2. The third-order valence-electron chi connectivity index (χ3n) is 2.96. The average Bonchev–Trinajstić information content (AvgIpc) is 2.26. The number of nitrogen functional groups attached to an aromatic ring is 1. The van der Waals surface area contributed by atoms with Crippen LogP contribution in [0.15, 0.2) is 23.1 Å². The van der Waals surface area contributed by atoms with Crippen LogP contribution in [0.1, 0.15) is 27.2 Å². The van der Waals surface area contributed by atoms with Gasteiger partial charge in [0.25, 0.3) is 0 Å². The van der Waals surface area contributed by atoms with Crippen molar-refractivity contribution in [3.63, 3.8) is 0 Å². The Bertz CT molecular complexity index is 507. The molecule has 0 atom stereocenters. The molecule has 0 unspecified atom stereocenters. The summed E-state index contributed by atoms with van der Waals surface area (Å²) < 4.78 is 26.9.